The number of aromatic nitrogens is 1. The van der Waals surface area contributed by atoms with E-state index in [2.05, 4.69) is 5.32 Å². The predicted octanol–water partition coefficient (Wildman–Crippen LogP) is 2.65. The number of nitrogens with one attached hydrogen (secondary N) is 1. The molecule has 0 spiro atoms. The highest BCUT2D eigenvalue weighted by molar-refractivity contribution is 6.11. The molecule has 1 amide bonds. The van der Waals surface area contributed by atoms with Crippen molar-refractivity contribution >= 4 is 11.7 Å². The zero-order chi connectivity index (χ0) is 22.2. The van der Waals surface area contributed by atoms with Crippen LogP contribution in [-0.4, -0.2) is 37.0 Å². The molecule has 31 heavy (non-hydrogen) atoms. The maximum absolute atomic E-state index is 13.1. The summed E-state index contributed by atoms with van der Waals surface area (Å²) >= 11 is 0. The van der Waals surface area contributed by atoms with Crippen molar-refractivity contribution in [3.05, 3.63) is 94.4 Å². The van der Waals surface area contributed by atoms with E-state index in [-0.39, 0.29) is 6.54 Å². The first-order valence-corrected chi connectivity index (χ1v) is 9.80. The first-order chi connectivity index (χ1) is 15.0. The van der Waals surface area contributed by atoms with E-state index in [1.165, 1.54) is 12.3 Å². The molecule has 3 rings (SSSR count). The van der Waals surface area contributed by atoms with Gasteiger partial charge in [-0.3, -0.25) is 19.0 Å². The molecule has 0 bridgehead atoms. The summed E-state index contributed by atoms with van der Waals surface area (Å²) in [5.41, 5.74) is 0.867. The topological polar surface area (TPSA) is 86.6 Å². The lowest BCUT2D eigenvalue weighted by Crippen LogP contribution is -2.41. The number of carbonyl (C=O) groups is 2. The van der Waals surface area contributed by atoms with Crippen molar-refractivity contribution in [3.8, 4) is 11.5 Å². The van der Waals surface area contributed by atoms with Gasteiger partial charge in [0.05, 0.1) is 14.2 Å². The molecule has 1 N–H and O–H groups in total. The van der Waals surface area contributed by atoms with Crippen LogP contribution in [0.2, 0.25) is 0 Å². The number of methoxy groups -OCH3 is 2. The third-order valence-electron chi connectivity index (χ3n) is 4.85. The third-order valence-corrected chi connectivity index (χ3v) is 4.85. The second kappa shape index (κ2) is 10.2. The Morgan fingerprint density at radius 3 is 2.32 bits per heavy atom. The van der Waals surface area contributed by atoms with Crippen molar-refractivity contribution in [1.82, 2.24) is 9.88 Å². The Balaban J connectivity index is 1.77. The number of ether oxygens (including phenoxy) is 2. The zero-order valence-electron chi connectivity index (χ0n) is 17.4. The molecule has 160 valence electrons. The van der Waals surface area contributed by atoms with Gasteiger partial charge < -0.3 is 14.8 Å². The highest BCUT2D eigenvalue weighted by Gasteiger charge is 2.29. The van der Waals surface area contributed by atoms with Gasteiger partial charge in [0.1, 0.15) is 0 Å². The van der Waals surface area contributed by atoms with Gasteiger partial charge in [-0.15, -0.1) is 0 Å². The van der Waals surface area contributed by atoms with E-state index in [1.807, 2.05) is 12.1 Å². The number of ketones is 1. The zero-order valence-corrected chi connectivity index (χ0v) is 17.4. The molecule has 0 saturated heterocycles. The van der Waals surface area contributed by atoms with Crippen molar-refractivity contribution in [1.29, 1.82) is 0 Å². The smallest absolute Gasteiger partial charge is 0.251 e. The number of carbonyl (C=O) groups excluding carboxylic acids is 2. The number of benzene rings is 2. The van der Waals surface area contributed by atoms with Crippen molar-refractivity contribution in [3.63, 3.8) is 0 Å². The van der Waals surface area contributed by atoms with Crippen LogP contribution in [0.1, 0.15) is 22.0 Å². The lowest BCUT2D eigenvalue weighted by atomic mass is 10.0. The Morgan fingerprint density at radius 2 is 1.65 bits per heavy atom. The molecule has 0 radical (unpaired) electrons. The summed E-state index contributed by atoms with van der Waals surface area (Å²) in [4.78, 5) is 38.4. The summed E-state index contributed by atoms with van der Waals surface area (Å²) in [6.45, 7) is 0.286. The van der Waals surface area contributed by atoms with Crippen LogP contribution >= 0.6 is 0 Å². The molecule has 3 aromatic rings. The van der Waals surface area contributed by atoms with Gasteiger partial charge in [-0.05, 0) is 30.2 Å². The summed E-state index contributed by atoms with van der Waals surface area (Å²) < 4.78 is 11.7. The average molecular weight is 420 g/mol. The van der Waals surface area contributed by atoms with Gasteiger partial charge in [0.15, 0.2) is 23.3 Å². The minimum absolute atomic E-state index is 0.286. The minimum atomic E-state index is -1.29. The highest BCUT2D eigenvalue weighted by atomic mass is 16.5. The largest absolute Gasteiger partial charge is 0.493 e. The van der Waals surface area contributed by atoms with E-state index in [9.17, 15) is 14.4 Å². The van der Waals surface area contributed by atoms with E-state index in [4.69, 9.17) is 9.47 Å². The van der Waals surface area contributed by atoms with Crippen LogP contribution in [0.25, 0.3) is 0 Å². The van der Waals surface area contributed by atoms with Crippen LogP contribution < -0.4 is 20.3 Å². The SMILES string of the molecule is COc1ccc(CCNC(=O)[C@@H](C(=O)c2ccccc2)n2ccccc2=O)cc1OC. The fraction of sp³-hybridized carbons (Fsp3) is 0.208. The summed E-state index contributed by atoms with van der Waals surface area (Å²) in [5, 5.41) is 2.78. The molecular formula is C24H24N2O5. The average Bonchev–Trinajstić information content (AvgIpc) is 2.80. The molecule has 0 unspecified atom stereocenters. The molecule has 1 atom stereocenters. The Morgan fingerprint density at radius 1 is 0.935 bits per heavy atom. The number of pyridine rings is 1. The molecule has 1 heterocycles. The Bertz CT molecular complexity index is 1110. The summed E-state index contributed by atoms with van der Waals surface area (Å²) in [7, 11) is 3.12. The lowest BCUT2D eigenvalue weighted by Gasteiger charge is -2.18. The number of amides is 1. The first kappa shape index (κ1) is 21.8. The number of hydrogen-bond acceptors (Lipinski definition) is 5. The fourth-order valence-corrected chi connectivity index (χ4v) is 3.25. The van der Waals surface area contributed by atoms with E-state index >= 15 is 0 Å². The summed E-state index contributed by atoms with van der Waals surface area (Å²) in [6, 6.07) is 17.2. The van der Waals surface area contributed by atoms with Crippen molar-refractivity contribution in [2.75, 3.05) is 20.8 Å². The van der Waals surface area contributed by atoms with Crippen molar-refractivity contribution < 1.29 is 19.1 Å². The van der Waals surface area contributed by atoms with Crippen LogP contribution in [0.4, 0.5) is 0 Å². The highest BCUT2D eigenvalue weighted by Crippen LogP contribution is 2.27. The second-order valence-electron chi connectivity index (χ2n) is 6.81. The third kappa shape index (κ3) is 5.19. The number of rotatable bonds is 9. The van der Waals surface area contributed by atoms with E-state index in [0.717, 1.165) is 10.1 Å². The molecule has 0 saturated carbocycles. The molecule has 0 fully saturated rings. The lowest BCUT2D eigenvalue weighted by molar-refractivity contribution is -0.123. The van der Waals surface area contributed by atoms with Gasteiger partial charge in [-0.25, -0.2) is 0 Å². The monoisotopic (exact) mass is 420 g/mol. The van der Waals surface area contributed by atoms with E-state index < -0.39 is 23.3 Å². The molecule has 2 aromatic carbocycles. The Hall–Kier alpha value is -3.87. The fourth-order valence-electron chi connectivity index (χ4n) is 3.25. The Kier molecular flexibility index (Phi) is 7.22. The summed E-state index contributed by atoms with van der Waals surface area (Å²) in [6.07, 6.45) is 1.96. The van der Waals surface area contributed by atoms with Crippen LogP contribution in [0.3, 0.4) is 0 Å². The number of Topliss-reactive ketones (excluding diaryl/α,β-unsaturated/α-hetero) is 1. The second-order valence-corrected chi connectivity index (χ2v) is 6.81. The van der Waals surface area contributed by atoms with Gasteiger partial charge in [0.2, 0.25) is 0 Å². The molecule has 0 aliphatic heterocycles. The quantitative estimate of drug-likeness (QED) is 0.425. The normalized spacial score (nSPS) is 11.4. The van der Waals surface area contributed by atoms with Gasteiger partial charge in [-0.1, -0.05) is 42.5 Å². The van der Waals surface area contributed by atoms with E-state index in [0.29, 0.717) is 23.5 Å². The van der Waals surface area contributed by atoms with Crippen LogP contribution in [0.5, 0.6) is 11.5 Å². The molecule has 7 nitrogen and oxygen atoms in total. The molecular weight excluding hydrogens is 396 g/mol. The maximum atomic E-state index is 13.1. The molecule has 0 aliphatic rings. The van der Waals surface area contributed by atoms with E-state index in [1.54, 1.807) is 62.8 Å². The summed E-state index contributed by atoms with van der Waals surface area (Å²) in [5.74, 6) is 0.228. The van der Waals surface area contributed by atoms with Gasteiger partial charge in [-0.2, -0.15) is 0 Å². The predicted molar refractivity (Wildman–Crippen MR) is 117 cm³/mol. The van der Waals surface area contributed by atoms with Gasteiger partial charge in [0, 0.05) is 24.4 Å². The molecule has 0 aliphatic carbocycles. The first-order valence-electron chi connectivity index (χ1n) is 9.80. The molecule has 1 aromatic heterocycles. The van der Waals surface area contributed by atoms with Crippen LogP contribution in [0, 0.1) is 0 Å². The van der Waals surface area contributed by atoms with Crippen LogP contribution in [0.15, 0.2) is 77.7 Å². The van der Waals surface area contributed by atoms with Gasteiger partial charge in [0.25, 0.3) is 11.5 Å². The molecule has 7 heteroatoms. The minimum Gasteiger partial charge on any atom is -0.493 e. The Labute approximate surface area is 180 Å². The maximum Gasteiger partial charge on any atom is 0.251 e. The number of nitrogens with zero attached hydrogens (tertiary/aromatic N) is 1. The standard InChI is InChI=1S/C24H24N2O5/c1-30-19-12-11-17(16-20(19)31-2)13-14-25-24(29)22(26-15-7-6-10-21(26)27)23(28)18-8-4-3-5-9-18/h3-12,15-16,22H,13-14H2,1-2H3,(H,25,29)/t22-/m1/s1. The van der Waals surface area contributed by atoms with Crippen molar-refractivity contribution in [2.24, 2.45) is 0 Å². The van der Waals surface area contributed by atoms with Crippen LogP contribution in [-0.2, 0) is 11.2 Å². The van der Waals surface area contributed by atoms with Crippen molar-refractivity contribution in [2.45, 2.75) is 12.5 Å². The number of hydrogen-bond donors (Lipinski definition) is 1. The van der Waals surface area contributed by atoms with Gasteiger partial charge >= 0.3 is 0 Å².